The lowest BCUT2D eigenvalue weighted by atomic mass is 10.1. The molecule has 2 rings (SSSR count). The molecule has 0 aliphatic rings. The molecule has 0 saturated carbocycles. The van der Waals surface area contributed by atoms with Gasteiger partial charge in [0.1, 0.15) is 5.82 Å². The van der Waals surface area contributed by atoms with Gasteiger partial charge >= 0.3 is 6.03 Å². The van der Waals surface area contributed by atoms with Crippen LogP contribution in [0, 0.1) is 5.82 Å². The lowest BCUT2D eigenvalue weighted by Crippen LogP contribution is -2.36. The minimum Gasteiger partial charge on any atom is -0.338 e. The largest absolute Gasteiger partial charge is 0.338 e. The Morgan fingerprint density at radius 1 is 1.08 bits per heavy atom. The molecule has 2 N–H and O–H groups in total. The predicted molar refractivity (Wildman–Crippen MR) is 98.8 cm³/mol. The summed E-state index contributed by atoms with van der Waals surface area (Å²) in [6, 6.07) is 14.6. The monoisotopic (exact) mass is 343 g/mol. The van der Waals surface area contributed by atoms with Crippen molar-refractivity contribution in [3.05, 3.63) is 71.0 Å². The van der Waals surface area contributed by atoms with E-state index in [-0.39, 0.29) is 11.8 Å². The highest BCUT2D eigenvalue weighted by molar-refractivity contribution is 5.73. The number of nitrogens with one attached hydrogen (secondary N) is 2. The van der Waals surface area contributed by atoms with Crippen molar-refractivity contribution in [2.24, 2.45) is 0 Å². The van der Waals surface area contributed by atoms with Crippen molar-refractivity contribution in [1.29, 1.82) is 0 Å². The van der Waals surface area contributed by atoms with E-state index in [1.165, 1.54) is 11.6 Å². The van der Waals surface area contributed by atoms with Gasteiger partial charge in [-0.25, -0.2) is 9.18 Å². The Balaban J connectivity index is 1.74. The maximum absolute atomic E-state index is 13.5. The van der Waals surface area contributed by atoms with Crippen molar-refractivity contribution in [2.75, 3.05) is 20.1 Å². The van der Waals surface area contributed by atoms with Crippen LogP contribution in [0.1, 0.15) is 23.6 Å². The first-order chi connectivity index (χ1) is 12.1. The van der Waals surface area contributed by atoms with Gasteiger partial charge in [0.15, 0.2) is 0 Å². The van der Waals surface area contributed by atoms with Gasteiger partial charge in [0.05, 0.1) is 0 Å². The number of benzene rings is 2. The molecule has 2 aromatic carbocycles. The van der Waals surface area contributed by atoms with E-state index in [1.807, 2.05) is 12.1 Å². The van der Waals surface area contributed by atoms with Crippen LogP contribution in [0.5, 0.6) is 0 Å². The molecule has 25 heavy (non-hydrogen) atoms. The van der Waals surface area contributed by atoms with Gasteiger partial charge in [0.25, 0.3) is 0 Å². The lowest BCUT2D eigenvalue weighted by molar-refractivity contribution is 0.240. The minimum absolute atomic E-state index is 0.237. The van der Waals surface area contributed by atoms with Crippen LogP contribution in [-0.4, -0.2) is 31.1 Å². The van der Waals surface area contributed by atoms with E-state index >= 15 is 0 Å². The summed E-state index contributed by atoms with van der Waals surface area (Å²) in [5.74, 6) is -0.237. The number of nitrogens with zero attached hydrogens (tertiary/aromatic N) is 1. The van der Waals surface area contributed by atoms with Crippen LogP contribution in [0.25, 0.3) is 0 Å². The van der Waals surface area contributed by atoms with Gasteiger partial charge in [-0.05, 0) is 42.8 Å². The molecule has 0 aliphatic heterocycles. The first kappa shape index (κ1) is 18.9. The molecule has 0 aliphatic carbocycles. The lowest BCUT2D eigenvalue weighted by Gasteiger charge is -2.14. The fourth-order valence-corrected chi connectivity index (χ4v) is 2.52. The fraction of sp³-hybridized carbons (Fsp3) is 0.350. The quantitative estimate of drug-likeness (QED) is 0.772. The van der Waals surface area contributed by atoms with Gasteiger partial charge in [-0.1, -0.05) is 49.4 Å². The van der Waals surface area contributed by atoms with E-state index in [9.17, 15) is 9.18 Å². The normalized spacial score (nSPS) is 10.7. The molecule has 2 aromatic rings. The Labute approximate surface area is 149 Å². The van der Waals surface area contributed by atoms with E-state index in [1.54, 1.807) is 18.2 Å². The Hall–Kier alpha value is -2.40. The van der Waals surface area contributed by atoms with Crippen LogP contribution >= 0.6 is 0 Å². The average Bonchev–Trinajstić information content (AvgIpc) is 2.62. The summed E-state index contributed by atoms with van der Waals surface area (Å²) in [5.41, 5.74) is 2.89. The summed E-state index contributed by atoms with van der Waals surface area (Å²) in [5, 5.41) is 5.60. The van der Waals surface area contributed by atoms with Crippen LogP contribution in [-0.2, 0) is 19.5 Å². The second-order valence-corrected chi connectivity index (χ2v) is 6.10. The van der Waals surface area contributed by atoms with Crippen molar-refractivity contribution in [3.8, 4) is 0 Å². The molecule has 0 spiro atoms. The first-order valence-corrected chi connectivity index (χ1v) is 8.60. The third-order valence-corrected chi connectivity index (χ3v) is 4.07. The highest BCUT2D eigenvalue weighted by Crippen LogP contribution is 2.08. The van der Waals surface area contributed by atoms with Crippen molar-refractivity contribution in [1.82, 2.24) is 15.5 Å². The zero-order valence-corrected chi connectivity index (χ0v) is 14.9. The van der Waals surface area contributed by atoms with E-state index in [0.717, 1.165) is 18.7 Å². The Morgan fingerprint density at radius 3 is 2.60 bits per heavy atom. The Morgan fingerprint density at radius 2 is 1.84 bits per heavy atom. The number of hydrogen-bond donors (Lipinski definition) is 2. The number of urea groups is 1. The smallest absolute Gasteiger partial charge is 0.315 e. The molecular weight excluding hydrogens is 317 g/mol. The third kappa shape index (κ3) is 6.55. The fourth-order valence-electron chi connectivity index (χ4n) is 2.52. The van der Waals surface area contributed by atoms with Crippen LogP contribution in [0.2, 0.25) is 0 Å². The first-order valence-electron chi connectivity index (χ1n) is 8.60. The summed E-state index contributed by atoms with van der Waals surface area (Å²) >= 11 is 0. The zero-order valence-electron chi connectivity index (χ0n) is 14.9. The van der Waals surface area contributed by atoms with E-state index in [0.29, 0.717) is 25.1 Å². The van der Waals surface area contributed by atoms with Crippen LogP contribution in [0.4, 0.5) is 9.18 Å². The van der Waals surface area contributed by atoms with Gasteiger partial charge < -0.3 is 15.5 Å². The Kier molecular flexibility index (Phi) is 7.41. The van der Waals surface area contributed by atoms with Crippen molar-refractivity contribution >= 4 is 6.03 Å². The SMILES string of the molecule is CCN(C)Cc1cccc(CNC(=O)NCCc2ccccc2F)c1. The highest BCUT2D eigenvalue weighted by Gasteiger charge is 2.04. The molecule has 0 heterocycles. The summed E-state index contributed by atoms with van der Waals surface area (Å²) in [6.45, 7) is 4.87. The number of amides is 2. The zero-order chi connectivity index (χ0) is 18.1. The summed E-state index contributed by atoms with van der Waals surface area (Å²) in [6.07, 6.45) is 0.471. The second kappa shape index (κ2) is 9.79. The molecule has 0 radical (unpaired) electrons. The van der Waals surface area contributed by atoms with Crippen molar-refractivity contribution < 1.29 is 9.18 Å². The van der Waals surface area contributed by atoms with Crippen LogP contribution in [0.3, 0.4) is 0 Å². The van der Waals surface area contributed by atoms with Gasteiger partial charge in [-0.2, -0.15) is 0 Å². The third-order valence-electron chi connectivity index (χ3n) is 4.07. The summed E-state index contributed by atoms with van der Waals surface area (Å²) < 4.78 is 13.5. The molecule has 4 nitrogen and oxygen atoms in total. The van der Waals surface area contributed by atoms with Gasteiger partial charge in [-0.3, -0.25) is 0 Å². The molecule has 0 bridgehead atoms. The molecule has 0 atom stereocenters. The van der Waals surface area contributed by atoms with Crippen LogP contribution < -0.4 is 10.6 Å². The highest BCUT2D eigenvalue weighted by atomic mass is 19.1. The number of rotatable bonds is 8. The van der Waals surface area contributed by atoms with Crippen LogP contribution in [0.15, 0.2) is 48.5 Å². The molecule has 5 heteroatoms. The second-order valence-electron chi connectivity index (χ2n) is 6.10. The van der Waals surface area contributed by atoms with E-state index in [4.69, 9.17) is 0 Å². The van der Waals surface area contributed by atoms with Gasteiger partial charge in [0.2, 0.25) is 0 Å². The van der Waals surface area contributed by atoms with E-state index in [2.05, 4.69) is 41.6 Å². The molecule has 0 aromatic heterocycles. The average molecular weight is 343 g/mol. The summed E-state index contributed by atoms with van der Waals surface area (Å²) in [7, 11) is 2.08. The maximum Gasteiger partial charge on any atom is 0.315 e. The molecular formula is C20H26FN3O. The number of carbonyl (C=O) groups is 1. The molecule has 0 saturated heterocycles. The molecule has 2 amide bonds. The topological polar surface area (TPSA) is 44.4 Å². The number of hydrogen-bond acceptors (Lipinski definition) is 2. The van der Waals surface area contributed by atoms with E-state index < -0.39 is 0 Å². The predicted octanol–water partition coefficient (Wildman–Crippen LogP) is 3.32. The Bertz CT molecular complexity index is 690. The summed E-state index contributed by atoms with van der Waals surface area (Å²) in [4.78, 5) is 14.1. The molecule has 0 fully saturated rings. The maximum atomic E-state index is 13.5. The molecule has 0 unspecified atom stereocenters. The van der Waals surface area contributed by atoms with Gasteiger partial charge in [0, 0.05) is 19.6 Å². The number of halogens is 1. The standard InChI is InChI=1S/C20H26FN3O/c1-3-24(2)15-17-8-6-7-16(13-17)14-23-20(25)22-12-11-18-9-4-5-10-19(18)21/h4-10,13H,3,11-12,14-15H2,1-2H3,(H2,22,23,25). The minimum atomic E-state index is -0.243. The van der Waals surface area contributed by atoms with Crippen molar-refractivity contribution in [2.45, 2.75) is 26.4 Å². The van der Waals surface area contributed by atoms with Crippen molar-refractivity contribution in [3.63, 3.8) is 0 Å². The van der Waals surface area contributed by atoms with Gasteiger partial charge in [-0.15, -0.1) is 0 Å². The number of carbonyl (C=O) groups excluding carboxylic acids is 1. The molecule has 134 valence electrons.